The van der Waals surface area contributed by atoms with Crippen molar-refractivity contribution < 1.29 is 14.7 Å². The van der Waals surface area contributed by atoms with Crippen LogP contribution in [-0.2, 0) is 16.1 Å². The van der Waals surface area contributed by atoms with Crippen LogP contribution in [0.5, 0.6) is 0 Å². The molecule has 0 bridgehead atoms. The number of anilines is 1. The maximum absolute atomic E-state index is 11.6. The molecule has 0 atom stereocenters. The van der Waals surface area contributed by atoms with Crippen molar-refractivity contribution in [3.8, 4) is 0 Å². The number of hydrogen-bond acceptors (Lipinski definition) is 3. The Morgan fingerprint density at radius 2 is 2.05 bits per heavy atom. The number of carbonyl (C=O) groups excluding carboxylic acids is 1. The molecule has 0 aliphatic carbocycles. The number of carbonyl (C=O) groups is 2. The Kier molecular flexibility index (Phi) is 6.63. The molecule has 1 aromatic heterocycles. The highest BCUT2D eigenvalue weighted by Gasteiger charge is 2.06. The van der Waals surface area contributed by atoms with Crippen LogP contribution in [0.25, 0.3) is 0 Å². The van der Waals surface area contributed by atoms with Gasteiger partial charge >= 0.3 is 5.97 Å². The molecule has 2 N–H and O–H groups in total. The Morgan fingerprint density at radius 3 is 2.74 bits per heavy atom. The molecule has 1 aromatic rings. The molecule has 0 fully saturated rings. The van der Waals surface area contributed by atoms with E-state index in [1.165, 1.54) is 36.3 Å². The molecule has 0 aliphatic rings. The van der Waals surface area contributed by atoms with E-state index in [1.807, 2.05) is 0 Å². The Labute approximate surface area is 112 Å². The van der Waals surface area contributed by atoms with E-state index in [0.29, 0.717) is 12.1 Å². The van der Waals surface area contributed by atoms with E-state index in [0.717, 1.165) is 12.8 Å². The summed E-state index contributed by atoms with van der Waals surface area (Å²) in [6, 6.07) is 0. The number of rotatable bonds is 9. The molecule has 6 heteroatoms. The summed E-state index contributed by atoms with van der Waals surface area (Å²) in [4.78, 5) is 22.1. The fraction of sp³-hybridized carbons (Fsp3) is 0.615. The second-order valence-corrected chi connectivity index (χ2v) is 4.53. The molecule has 0 saturated carbocycles. The zero-order chi connectivity index (χ0) is 14.1. The fourth-order valence-electron chi connectivity index (χ4n) is 1.77. The minimum Gasteiger partial charge on any atom is -0.480 e. The summed E-state index contributed by atoms with van der Waals surface area (Å²) in [5, 5.41) is 15.2. The number of amides is 1. The lowest BCUT2D eigenvalue weighted by Crippen LogP contribution is -2.11. The molecule has 0 aromatic carbocycles. The van der Waals surface area contributed by atoms with Crippen LogP contribution >= 0.6 is 0 Å². The van der Waals surface area contributed by atoms with Gasteiger partial charge in [-0.1, -0.05) is 32.6 Å². The van der Waals surface area contributed by atoms with Gasteiger partial charge in [0.05, 0.1) is 11.9 Å². The largest absolute Gasteiger partial charge is 0.480 e. The van der Waals surface area contributed by atoms with Crippen LogP contribution in [0.3, 0.4) is 0 Å². The smallest absolute Gasteiger partial charge is 0.325 e. The summed E-state index contributed by atoms with van der Waals surface area (Å²) in [5.74, 6) is -1.01. The van der Waals surface area contributed by atoms with Crippen molar-refractivity contribution in [3.63, 3.8) is 0 Å². The zero-order valence-corrected chi connectivity index (χ0v) is 11.3. The highest BCUT2D eigenvalue weighted by Crippen LogP contribution is 2.08. The zero-order valence-electron chi connectivity index (χ0n) is 11.3. The predicted octanol–water partition coefficient (Wildman–Crippen LogP) is 2.27. The summed E-state index contributed by atoms with van der Waals surface area (Å²) >= 11 is 0. The summed E-state index contributed by atoms with van der Waals surface area (Å²) in [7, 11) is 0. The van der Waals surface area contributed by atoms with Crippen LogP contribution in [0.1, 0.15) is 45.4 Å². The minimum atomic E-state index is -0.961. The first-order valence-electron chi connectivity index (χ1n) is 6.66. The first-order valence-corrected chi connectivity index (χ1v) is 6.66. The number of carboxylic acid groups (broad SMARTS) is 1. The molecule has 0 unspecified atom stereocenters. The number of aliphatic carboxylic acids is 1. The monoisotopic (exact) mass is 267 g/mol. The highest BCUT2D eigenvalue weighted by molar-refractivity contribution is 5.90. The van der Waals surface area contributed by atoms with E-state index in [9.17, 15) is 9.59 Å². The number of hydrogen-bond donors (Lipinski definition) is 2. The molecular formula is C13H21N3O3. The van der Waals surface area contributed by atoms with Crippen molar-refractivity contribution in [1.82, 2.24) is 9.78 Å². The van der Waals surface area contributed by atoms with Crippen LogP contribution in [0.15, 0.2) is 12.4 Å². The van der Waals surface area contributed by atoms with Gasteiger partial charge in [-0.25, -0.2) is 0 Å². The van der Waals surface area contributed by atoms with Gasteiger partial charge in [0.1, 0.15) is 6.54 Å². The normalized spacial score (nSPS) is 10.4. The molecule has 0 spiro atoms. The number of aromatic nitrogens is 2. The van der Waals surface area contributed by atoms with Gasteiger partial charge in [-0.2, -0.15) is 5.10 Å². The Balaban J connectivity index is 2.24. The highest BCUT2D eigenvalue weighted by atomic mass is 16.4. The maximum atomic E-state index is 11.6. The van der Waals surface area contributed by atoms with E-state index in [2.05, 4.69) is 17.3 Å². The average molecular weight is 267 g/mol. The molecule has 0 aliphatic heterocycles. The van der Waals surface area contributed by atoms with Gasteiger partial charge in [0.25, 0.3) is 0 Å². The summed E-state index contributed by atoms with van der Waals surface area (Å²) in [5.41, 5.74) is 0.541. The average Bonchev–Trinajstić information content (AvgIpc) is 2.75. The summed E-state index contributed by atoms with van der Waals surface area (Å²) in [6.45, 7) is 1.95. The molecule has 0 radical (unpaired) electrons. The second kappa shape index (κ2) is 8.29. The van der Waals surface area contributed by atoms with E-state index in [1.54, 1.807) is 0 Å². The molecule has 6 nitrogen and oxygen atoms in total. The van der Waals surface area contributed by atoms with Crippen LogP contribution in [-0.4, -0.2) is 26.8 Å². The minimum absolute atomic E-state index is 0.0497. The van der Waals surface area contributed by atoms with Crippen LogP contribution in [0.4, 0.5) is 5.69 Å². The Morgan fingerprint density at radius 1 is 1.32 bits per heavy atom. The Hall–Kier alpha value is -1.85. The molecule has 0 saturated heterocycles. The molecular weight excluding hydrogens is 246 g/mol. The number of nitrogens with one attached hydrogen (secondary N) is 1. The van der Waals surface area contributed by atoms with Gasteiger partial charge < -0.3 is 10.4 Å². The van der Waals surface area contributed by atoms with Gasteiger partial charge in [-0.15, -0.1) is 0 Å². The lowest BCUT2D eigenvalue weighted by atomic mass is 10.1. The fourth-order valence-corrected chi connectivity index (χ4v) is 1.77. The second-order valence-electron chi connectivity index (χ2n) is 4.53. The van der Waals surface area contributed by atoms with Crippen molar-refractivity contribution in [1.29, 1.82) is 0 Å². The van der Waals surface area contributed by atoms with Crippen LogP contribution < -0.4 is 5.32 Å². The van der Waals surface area contributed by atoms with E-state index < -0.39 is 5.97 Å². The third kappa shape index (κ3) is 6.59. The maximum Gasteiger partial charge on any atom is 0.325 e. The number of carboxylic acids is 1. The molecule has 106 valence electrons. The Bertz CT molecular complexity index is 415. The van der Waals surface area contributed by atoms with E-state index >= 15 is 0 Å². The van der Waals surface area contributed by atoms with Crippen molar-refractivity contribution >= 4 is 17.6 Å². The van der Waals surface area contributed by atoms with Gasteiger partial charge in [0, 0.05) is 12.6 Å². The third-order valence-electron chi connectivity index (χ3n) is 2.72. The van der Waals surface area contributed by atoms with Crippen molar-refractivity contribution in [3.05, 3.63) is 12.4 Å². The first kappa shape index (κ1) is 15.2. The van der Waals surface area contributed by atoms with Gasteiger partial charge in [-0.3, -0.25) is 14.3 Å². The van der Waals surface area contributed by atoms with Gasteiger partial charge in [0.2, 0.25) is 5.91 Å². The summed E-state index contributed by atoms with van der Waals surface area (Å²) < 4.78 is 1.28. The molecule has 1 heterocycles. The van der Waals surface area contributed by atoms with Crippen LogP contribution in [0.2, 0.25) is 0 Å². The topological polar surface area (TPSA) is 84.2 Å². The SMILES string of the molecule is CCCCCCCC(=O)Nc1cnn(CC(=O)O)c1. The molecule has 1 amide bonds. The lowest BCUT2D eigenvalue weighted by molar-refractivity contribution is -0.137. The third-order valence-corrected chi connectivity index (χ3v) is 2.72. The first-order chi connectivity index (χ1) is 9.11. The van der Waals surface area contributed by atoms with Gasteiger partial charge in [-0.05, 0) is 6.42 Å². The standard InChI is InChI=1S/C13H21N3O3/c1-2-3-4-5-6-7-12(17)15-11-8-14-16(9-11)10-13(18)19/h8-9H,2-7,10H2,1H3,(H,15,17)(H,18,19). The molecule has 19 heavy (non-hydrogen) atoms. The van der Waals surface area contributed by atoms with Crippen molar-refractivity contribution in [2.24, 2.45) is 0 Å². The quantitative estimate of drug-likeness (QED) is 0.672. The van der Waals surface area contributed by atoms with E-state index in [4.69, 9.17) is 5.11 Å². The summed E-state index contributed by atoms with van der Waals surface area (Å²) in [6.07, 6.45) is 8.99. The number of unbranched alkanes of at least 4 members (excludes halogenated alkanes) is 4. The lowest BCUT2D eigenvalue weighted by Gasteiger charge is -2.02. The van der Waals surface area contributed by atoms with E-state index in [-0.39, 0.29) is 12.5 Å². The van der Waals surface area contributed by atoms with Gasteiger partial charge in [0.15, 0.2) is 0 Å². The predicted molar refractivity (Wildman–Crippen MR) is 71.9 cm³/mol. The van der Waals surface area contributed by atoms with Crippen molar-refractivity contribution in [2.75, 3.05) is 5.32 Å². The number of nitrogens with zero attached hydrogens (tertiary/aromatic N) is 2. The van der Waals surface area contributed by atoms with Crippen molar-refractivity contribution in [2.45, 2.75) is 52.0 Å². The molecule has 1 rings (SSSR count). The van der Waals surface area contributed by atoms with Crippen LogP contribution in [0, 0.1) is 0 Å².